The van der Waals surface area contributed by atoms with Gasteiger partial charge >= 0.3 is 0 Å². The number of nitrogens with one attached hydrogen (secondary N) is 1. The van der Waals surface area contributed by atoms with Crippen molar-refractivity contribution in [3.63, 3.8) is 0 Å². The highest BCUT2D eigenvalue weighted by atomic mass is 16.7. The lowest BCUT2D eigenvalue weighted by Gasteiger charge is -2.40. The molecular formula is C66H121NO8. The van der Waals surface area contributed by atoms with Gasteiger partial charge in [0.1, 0.15) is 24.4 Å². The van der Waals surface area contributed by atoms with Crippen LogP contribution in [-0.2, 0) is 14.3 Å². The number of carbonyl (C=O) groups is 1. The molecule has 1 fully saturated rings. The first kappa shape index (κ1) is 70.9. The van der Waals surface area contributed by atoms with Gasteiger partial charge in [-0.2, -0.15) is 0 Å². The van der Waals surface area contributed by atoms with Gasteiger partial charge in [-0.3, -0.25) is 4.79 Å². The molecule has 6 N–H and O–H groups in total. The lowest BCUT2D eigenvalue weighted by Crippen LogP contribution is -2.60. The molecule has 0 aromatic carbocycles. The number of amides is 1. The molecule has 7 unspecified atom stereocenters. The van der Waals surface area contributed by atoms with E-state index in [-0.39, 0.29) is 12.5 Å². The van der Waals surface area contributed by atoms with Crippen molar-refractivity contribution in [1.82, 2.24) is 5.32 Å². The number of aliphatic hydroxyl groups is 5. The van der Waals surface area contributed by atoms with Gasteiger partial charge in [0.25, 0.3) is 0 Å². The molecule has 0 aliphatic carbocycles. The van der Waals surface area contributed by atoms with E-state index in [0.717, 1.165) is 70.6 Å². The van der Waals surface area contributed by atoms with Crippen LogP contribution < -0.4 is 5.32 Å². The van der Waals surface area contributed by atoms with E-state index < -0.39 is 49.5 Å². The standard InChI is InChI=1S/C66H121NO8/c1-3-5-7-9-11-13-15-17-19-21-23-25-26-27-28-29-30-31-32-33-34-36-38-40-42-44-46-48-50-52-54-56-62(70)67-59(58-74-66-65(73)64(72)63(71)61(57-68)75-66)60(69)55-53-51-49-47-45-43-41-39-37-35-24-22-20-18-16-14-12-10-8-6-4-2/h5,7,11,13,17,19,23,25,27-28,59-61,63-66,68-69,71-73H,3-4,6,8-10,12,14-16,18,20-22,24,26,29-58H2,1-2H3,(H,67,70)/b7-5-,13-11-,19-17-,25-23-,28-27-. The SMILES string of the molecule is CC/C=C\C/C=C\C/C=C\C/C=C\C/C=C\CCCCCCCCCCCCCCCCCC(=O)NC(COC1OC(CO)C(O)C(O)C1O)C(O)CCCCCCCCCCCCCCCCCCCCCCC. The molecule has 0 aromatic heterocycles. The highest BCUT2D eigenvalue weighted by Gasteiger charge is 2.44. The van der Waals surface area contributed by atoms with Crippen molar-refractivity contribution in [1.29, 1.82) is 0 Å². The second-order valence-corrected chi connectivity index (χ2v) is 22.2. The summed E-state index contributed by atoms with van der Waals surface area (Å²) >= 11 is 0. The van der Waals surface area contributed by atoms with Crippen molar-refractivity contribution in [2.45, 2.75) is 339 Å². The lowest BCUT2D eigenvalue weighted by atomic mass is 9.99. The van der Waals surface area contributed by atoms with Crippen LogP contribution >= 0.6 is 0 Å². The average Bonchev–Trinajstić information content (AvgIpc) is 3.41. The van der Waals surface area contributed by atoms with Gasteiger partial charge in [0, 0.05) is 6.42 Å². The third-order valence-electron chi connectivity index (χ3n) is 15.1. The molecule has 1 heterocycles. The van der Waals surface area contributed by atoms with Crippen LogP contribution in [0.2, 0.25) is 0 Å². The fourth-order valence-electron chi connectivity index (χ4n) is 10.1. The number of carbonyl (C=O) groups excluding carboxylic acids is 1. The van der Waals surface area contributed by atoms with E-state index in [1.54, 1.807) is 0 Å². The van der Waals surface area contributed by atoms with Crippen molar-refractivity contribution in [3.05, 3.63) is 60.8 Å². The van der Waals surface area contributed by atoms with Gasteiger partial charge in [0.2, 0.25) is 5.91 Å². The molecule has 0 radical (unpaired) electrons. The summed E-state index contributed by atoms with van der Waals surface area (Å²) in [6.45, 7) is 3.76. The summed E-state index contributed by atoms with van der Waals surface area (Å²) in [6.07, 6.45) is 68.3. The topological polar surface area (TPSA) is 149 Å². The van der Waals surface area contributed by atoms with Crippen molar-refractivity contribution in [2.24, 2.45) is 0 Å². The molecule has 1 aliphatic heterocycles. The van der Waals surface area contributed by atoms with Gasteiger partial charge in [-0.15, -0.1) is 0 Å². The van der Waals surface area contributed by atoms with Gasteiger partial charge in [-0.1, -0.05) is 293 Å². The third-order valence-corrected chi connectivity index (χ3v) is 15.1. The van der Waals surface area contributed by atoms with E-state index in [2.05, 4.69) is 79.9 Å². The molecule has 1 amide bonds. The van der Waals surface area contributed by atoms with E-state index in [1.807, 2.05) is 0 Å². The predicted octanol–water partition coefficient (Wildman–Crippen LogP) is 16.6. The summed E-state index contributed by atoms with van der Waals surface area (Å²) < 4.78 is 11.3. The summed E-state index contributed by atoms with van der Waals surface area (Å²) in [7, 11) is 0. The maximum Gasteiger partial charge on any atom is 0.220 e. The molecule has 9 heteroatoms. The Bertz CT molecular complexity index is 1360. The molecule has 0 aromatic rings. The Labute approximate surface area is 462 Å². The van der Waals surface area contributed by atoms with Crippen LogP contribution in [-0.4, -0.2) is 87.5 Å². The van der Waals surface area contributed by atoms with Crippen LogP contribution in [0, 0.1) is 0 Å². The maximum atomic E-state index is 13.1. The summed E-state index contributed by atoms with van der Waals surface area (Å²) in [6, 6.07) is -0.722. The van der Waals surface area contributed by atoms with Gasteiger partial charge in [-0.25, -0.2) is 0 Å². The fourth-order valence-corrected chi connectivity index (χ4v) is 10.1. The second kappa shape index (κ2) is 55.2. The van der Waals surface area contributed by atoms with E-state index in [0.29, 0.717) is 12.8 Å². The summed E-state index contributed by atoms with van der Waals surface area (Å²) in [4.78, 5) is 13.1. The number of rotatable bonds is 55. The maximum absolute atomic E-state index is 13.1. The van der Waals surface area contributed by atoms with E-state index in [9.17, 15) is 30.3 Å². The molecule has 438 valence electrons. The predicted molar refractivity (Wildman–Crippen MR) is 318 cm³/mol. The van der Waals surface area contributed by atoms with E-state index in [4.69, 9.17) is 9.47 Å². The fraction of sp³-hybridized carbons (Fsp3) is 0.833. The van der Waals surface area contributed by atoms with Crippen LogP contribution in [0.3, 0.4) is 0 Å². The number of hydrogen-bond donors (Lipinski definition) is 6. The smallest absolute Gasteiger partial charge is 0.220 e. The van der Waals surface area contributed by atoms with Gasteiger partial charge in [-0.05, 0) is 57.8 Å². The summed E-state index contributed by atoms with van der Waals surface area (Å²) in [5.41, 5.74) is 0. The summed E-state index contributed by atoms with van der Waals surface area (Å²) in [5.74, 6) is -0.142. The number of aliphatic hydroxyl groups excluding tert-OH is 5. The van der Waals surface area contributed by atoms with Crippen LogP contribution in [0.5, 0.6) is 0 Å². The molecule has 0 bridgehead atoms. The minimum Gasteiger partial charge on any atom is -0.394 e. The quantitative estimate of drug-likeness (QED) is 0.0261. The molecule has 9 nitrogen and oxygen atoms in total. The van der Waals surface area contributed by atoms with Crippen LogP contribution in [0.4, 0.5) is 0 Å². The van der Waals surface area contributed by atoms with Crippen molar-refractivity contribution < 1.29 is 39.8 Å². The molecule has 1 aliphatic rings. The van der Waals surface area contributed by atoms with Crippen molar-refractivity contribution in [2.75, 3.05) is 13.2 Å². The van der Waals surface area contributed by atoms with Crippen LogP contribution in [0.25, 0.3) is 0 Å². The Morgan fingerprint density at radius 2 is 0.827 bits per heavy atom. The minimum absolute atomic E-state index is 0.137. The van der Waals surface area contributed by atoms with Crippen molar-refractivity contribution >= 4 is 5.91 Å². The number of ether oxygens (including phenoxy) is 2. The van der Waals surface area contributed by atoms with E-state index in [1.165, 1.54) is 199 Å². The molecule has 1 rings (SSSR count). The normalized spacial score (nSPS) is 19.3. The zero-order valence-electron chi connectivity index (χ0n) is 48.8. The molecule has 0 spiro atoms. The number of hydrogen-bond acceptors (Lipinski definition) is 8. The first-order valence-electron chi connectivity index (χ1n) is 32.0. The molecular weight excluding hydrogens is 935 g/mol. The largest absolute Gasteiger partial charge is 0.394 e. The Kier molecular flexibility index (Phi) is 52.2. The van der Waals surface area contributed by atoms with E-state index >= 15 is 0 Å². The van der Waals surface area contributed by atoms with Crippen LogP contribution in [0.1, 0.15) is 296 Å². The summed E-state index contributed by atoms with van der Waals surface area (Å²) in [5, 5.41) is 54.8. The second-order valence-electron chi connectivity index (χ2n) is 22.2. The Morgan fingerprint density at radius 3 is 1.23 bits per heavy atom. The lowest BCUT2D eigenvalue weighted by molar-refractivity contribution is -0.302. The molecule has 1 saturated heterocycles. The monoisotopic (exact) mass is 1060 g/mol. The Morgan fingerprint density at radius 1 is 0.467 bits per heavy atom. The zero-order valence-corrected chi connectivity index (χ0v) is 48.8. The van der Waals surface area contributed by atoms with Gasteiger partial charge < -0.3 is 40.3 Å². The van der Waals surface area contributed by atoms with Crippen molar-refractivity contribution in [3.8, 4) is 0 Å². The highest BCUT2D eigenvalue weighted by Crippen LogP contribution is 2.23. The molecule has 75 heavy (non-hydrogen) atoms. The highest BCUT2D eigenvalue weighted by molar-refractivity contribution is 5.76. The zero-order chi connectivity index (χ0) is 54.3. The molecule has 7 atom stereocenters. The Hall–Kier alpha value is -2.11. The Balaban J connectivity index is 2.14. The number of unbranched alkanes of at least 4 members (excludes halogenated alkanes) is 35. The average molecular weight is 1060 g/mol. The molecule has 0 saturated carbocycles. The minimum atomic E-state index is -1.55. The van der Waals surface area contributed by atoms with Gasteiger partial charge in [0.15, 0.2) is 6.29 Å². The van der Waals surface area contributed by atoms with Gasteiger partial charge in [0.05, 0.1) is 25.4 Å². The third kappa shape index (κ3) is 44.4. The first-order valence-corrected chi connectivity index (χ1v) is 32.0. The first-order chi connectivity index (χ1) is 36.8. The number of allylic oxidation sites excluding steroid dienone is 10. The van der Waals surface area contributed by atoms with Crippen LogP contribution in [0.15, 0.2) is 60.8 Å².